The Morgan fingerprint density at radius 2 is 1.07 bits per heavy atom. The Bertz CT molecular complexity index is 3160. The van der Waals surface area contributed by atoms with E-state index >= 15 is 0 Å². The average Bonchev–Trinajstić information content (AvgIpc) is 1.56. The van der Waals surface area contributed by atoms with Crippen molar-refractivity contribution in [1.29, 1.82) is 0 Å². The van der Waals surface area contributed by atoms with Crippen molar-refractivity contribution in [3.63, 3.8) is 0 Å². The fourth-order valence-corrected chi connectivity index (χ4v) is 19.6. The third-order valence-corrected chi connectivity index (χ3v) is 26.4. The second-order valence-electron chi connectivity index (χ2n) is 32.2. The van der Waals surface area contributed by atoms with Gasteiger partial charge in [0.25, 0.3) is 0 Å². The minimum atomic E-state index is -1.08. The number of ether oxygens (including phenoxy) is 11. The van der Waals surface area contributed by atoms with E-state index in [-0.39, 0.29) is 120 Å². The van der Waals surface area contributed by atoms with Gasteiger partial charge >= 0.3 is 17.9 Å². The number of rotatable bonds is 24. The number of hydrogen-bond donors (Lipinski definition) is 1. The van der Waals surface area contributed by atoms with Crippen molar-refractivity contribution in [2.75, 3.05) is 13.2 Å². The summed E-state index contributed by atoms with van der Waals surface area (Å²) in [6, 6.07) is 26.2. The van der Waals surface area contributed by atoms with E-state index in [2.05, 4.69) is 62.3 Å². The van der Waals surface area contributed by atoms with Crippen LogP contribution in [0.25, 0.3) is 0 Å². The molecule has 0 aromatic heterocycles. The van der Waals surface area contributed by atoms with Gasteiger partial charge in [-0.1, -0.05) is 152 Å². The van der Waals surface area contributed by atoms with Crippen LogP contribution in [0.1, 0.15) is 211 Å². The lowest BCUT2D eigenvalue weighted by atomic mass is 9.44. The maximum atomic E-state index is 14.6. The molecule has 3 aromatic rings. The molecule has 0 radical (unpaired) electrons. The molecule has 4 saturated carbocycles. The van der Waals surface area contributed by atoms with E-state index < -0.39 is 79.1 Å². The van der Waals surface area contributed by atoms with Crippen molar-refractivity contribution < 1.29 is 81.2 Å². The minimum absolute atomic E-state index is 0.0187. The molecule has 4 aliphatic heterocycles. The smallest absolute Gasteiger partial charge is 0.338 e. The number of carbonyl (C=O) groups excluding carboxylic acids is 5. The third-order valence-electron chi connectivity index (χ3n) is 26.4. The quantitative estimate of drug-likeness (QED) is 0.0502. The van der Waals surface area contributed by atoms with E-state index in [1.165, 1.54) is 0 Å². The summed E-state index contributed by atoms with van der Waals surface area (Å²) in [4.78, 5) is 69.8. The van der Waals surface area contributed by atoms with Crippen molar-refractivity contribution in [3.05, 3.63) is 108 Å². The topological polar surface area (TPSA) is 207 Å². The van der Waals surface area contributed by atoms with Crippen molar-refractivity contribution in [1.82, 2.24) is 0 Å². The molecule has 8 fully saturated rings. The van der Waals surface area contributed by atoms with Gasteiger partial charge in [-0.3, -0.25) is 9.59 Å². The predicted molar refractivity (Wildman–Crippen MR) is 372 cm³/mol. The number of aliphatic hydroxyl groups excluding tert-OH is 1. The van der Waals surface area contributed by atoms with Gasteiger partial charge in [-0.25, -0.2) is 14.4 Å². The van der Waals surface area contributed by atoms with Crippen LogP contribution >= 0.6 is 0 Å². The molecule has 0 bridgehead atoms. The van der Waals surface area contributed by atoms with Gasteiger partial charge in [0.2, 0.25) is 0 Å². The number of ketones is 2. The number of benzene rings is 3. The fraction of sp³-hybridized carbons (Fsp3) is 0.720. The van der Waals surface area contributed by atoms with Crippen LogP contribution in [0.2, 0.25) is 0 Å². The lowest BCUT2D eigenvalue weighted by Gasteiger charge is -2.61. The molecule has 1 N–H and O–H groups in total. The van der Waals surface area contributed by atoms with Crippen LogP contribution in [0.15, 0.2) is 91.0 Å². The standard InChI is InChI=1S/C82H116O17/c1-15-64-47(6)46(5)49(8)77(92-64)98-70-48(7)50(9)78(94-66(70)17-3)99-72-53(12)69(85)67(44-89-74(86)54-27-21-18-22-28-54)95-80(72)91-58-37-39-81(13)57(41-58)34-35-59-60(81)38-40-82(14)61(59)42-63(84)68(82)51(10)62(83)36-33-45(4)43-90-79-73(97-76(88)56-31-25-20-26-32-56)71(52(11)65(16-2)93-79)96-75(87)55-29-23-19-24-30-55/h18-32,45-53,57-61,64-73,77-80,85H,15-17,33-44H2,1-14H3/t45-,46-,47-,48+,49?,50?,51+,52+,53-,57?,58?,59?,60?,61?,64?,65?,66?,67?,68?,69+,70-,71-,72?,73?,77-,78-,79+,80+,81?,82?/m0/s1. The van der Waals surface area contributed by atoms with Crippen LogP contribution in [-0.4, -0.2) is 134 Å². The first-order valence-electron chi connectivity index (χ1n) is 38.1. The number of Topliss-reactive ketones (excluding diaryl/α,β-unsaturated/α-hetero) is 2. The first-order valence-corrected chi connectivity index (χ1v) is 38.1. The molecule has 30 atom stereocenters. The molecule has 4 aliphatic carbocycles. The highest BCUT2D eigenvalue weighted by molar-refractivity contribution is 5.92. The Morgan fingerprint density at radius 1 is 0.535 bits per heavy atom. The van der Waals surface area contributed by atoms with E-state index in [0.29, 0.717) is 72.0 Å². The predicted octanol–water partition coefficient (Wildman–Crippen LogP) is 14.9. The average molecular weight is 1370 g/mol. The molecular weight excluding hydrogens is 1260 g/mol. The van der Waals surface area contributed by atoms with Crippen LogP contribution in [0.3, 0.4) is 0 Å². The molecule has 11 rings (SSSR count). The second kappa shape index (κ2) is 32.4. The number of aliphatic hydroxyl groups is 1. The summed E-state index contributed by atoms with van der Waals surface area (Å²) >= 11 is 0. The maximum absolute atomic E-state index is 14.6. The van der Waals surface area contributed by atoms with E-state index in [4.69, 9.17) is 52.1 Å². The van der Waals surface area contributed by atoms with Gasteiger partial charge in [0.05, 0.1) is 59.9 Å². The Hall–Kier alpha value is -4.95. The molecule has 17 heteroatoms. The van der Waals surface area contributed by atoms with Crippen molar-refractivity contribution in [2.45, 2.75) is 267 Å². The zero-order valence-electron chi connectivity index (χ0n) is 61.4. The van der Waals surface area contributed by atoms with Gasteiger partial charge in [0.15, 0.2) is 31.3 Å². The maximum Gasteiger partial charge on any atom is 0.338 e. The largest absolute Gasteiger partial charge is 0.459 e. The molecule has 17 nitrogen and oxygen atoms in total. The summed E-state index contributed by atoms with van der Waals surface area (Å²) in [5.74, 6) is -0.691. The number of hydrogen-bond acceptors (Lipinski definition) is 17. The molecule has 3 aromatic carbocycles. The first-order chi connectivity index (χ1) is 47.4. The van der Waals surface area contributed by atoms with Crippen molar-refractivity contribution in [2.24, 2.45) is 93.7 Å². The van der Waals surface area contributed by atoms with E-state index in [1.807, 2.05) is 52.8 Å². The van der Waals surface area contributed by atoms with Crippen molar-refractivity contribution >= 4 is 29.5 Å². The van der Waals surface area contributed by atoms with Crippen molar-refractivity contribution in [3.8, 4) is 0 Å². The molecule has 4 heterocycles. The van der Waals surface area contributed by atoms with E-state index in [9.17, 15) is 29.1 Å². The van der Waals surface area contributed by atoms with Gasteiger partial charge in [0.1, 0.15) is 36.5 Å². The zero-order chi connectivity index (χ0) is 70.8. The molecular formula is C82H116O17. The summed E-state index contributed by atoms with van der Waals surface area (Å²) in [7, 11) is 0. The minimum Gasteiger partial charge on any atom is -0.459 e. The highest BCUT2D eigenvalue weighted by Crippen LogP contribution is 2.68. The lowest BCUT2D eigenvalue weighted by molar-refractivity contribution is -0.366. The van der Waals surface area contributed by atoms with Crippen LogP contribution in [0.4, 0.5) is 0 Å². The highest BCUT2D eigenvalue weighted by atomic mass is 16.8. The molecule has 0 spiro atoms. The van der Waals surface area contributed by atoms with Crippen LogP contribution in [-0.2, 0) is 61.7 Å². The van der Waals surface area contributed by atoms with Gasteiger partial charge in [-0.2, -0.15) is 0 Å². The SMILES string of the molecule is CCC1O[C@@H](O[C@@H]2C(CC)O[C@@H](OC3[C@H](OC4CCC5(C)C(CCC6C5CCC5(C)C6CC(=O)C5[C@H](C)C(=O)CC[C@H](C)CO[C@@H]5OC(CC)[C@@H](C)[C@H](OC(=O)c6ccccc6)C5OC(=O)c5ccccc5)C4)OC(COC(=O)c4ccccc4)[C@H](O)[C@@H]3C)C(C)[C@H]2C)C(C)[C@@H](C)[C@@H]1C. The molecule has 4 saturated heterocycles. The number of carbonyl (C=O) groups is 5. The molecule has 546 valence electrons. The van der Waals surface area contributed by atoms with E-state index in [0.717, 1.165) is 51.4 Å². The highest BCUT2D eigenvalue weighted by Gasteiger charge is 2.64. The Kier molecular flexibility index (Phi) is 24.6. The number of esters is 3. The summed E-state index contributed by atoms with van der Waals surface area (Å²) in [6.45, 7) is 30.2. The van der Waals surface area contributed by atoms with Gasteiger partial charge in [0, 0.05) is 48.3 Å². The van der Waals surface area contributed by atoms with Gasteiger partial charge in [-0.15, -0.1) is 0 Å². The molecule has 16 unspecified atom stereocenters. The number of fused-ring (bicyclic) bond motifs is 5. The molecule has 8 aliphatic rings. The Balaban J connectivity index is 0.720. The van der Waals surface area contributed by atoms with Gasteiger partial charge < -0.3 is 57.2 Å². The van der Waals surface area contributed by atoms with Crippen LogP contribution in [0, 0.1) is 93.7 Å². The monoisotopic (exact) mass is 1370 g/mol. The summed E-state index contributed by atoms with van der Waals surface area (Å²) < 4.78 is 73.1. The van der Waals surface area contributed by atoms with Gasteiger partial charge in [-0.05, 0) is 165 Å². The summed E-state index contributed by atoms with van der Waals surface area (Å²) in [6.07, 6.45) is 1.59. The van der Waals surface area contributed by atoms with E-state index in [1.54, 1.807) is 72.8 Å². The first kappa shape index (κ1) is 75.2. The summed E-state index contributed by atoms with van der Waals surface area (Å²) in [5, 5.41) is 12.1. The molecule has 99 heavy (non-hydrogen) atoms. The fourth-order valence-electron chi connectivity index (χ4n) is 19.6. The third kappa shape index (κ3) is 15.8. The van der Waals surface area contributed by atoms with Crippen LogP contribution in [0.5, 0.6) is 0 Å². The summed E-state index contributed by atoms with van der Waals surface area (Å²) in [5.41, 5.74) is 0.851. The van der Waals surface area contributed by atoms with Crippen LogP contribution < -0.4 is 0 Å². The second-order valence-corrected chi connectivity index (χ2v) is 32.2. The normalized spacial score (nSPS) is 41.2. The Morgan fingerprint density at radius 3 is 1.69 bits per heavy atom. The Labute approximate surface area is 589 Å². The lowest BCUT2D eigenvalue weighted by Crippen LogP contribution is -2.60. The zero-order valence-corrected chi connectivity index (χ0v) is 61.4. The molecule has 0 amide bonds.